The molecule has 8 atom stereocenters. The van der Waals surface area contributed by atoms with Gasteiger partial charge in [0.2, 0.25) is 23.6 Å². The second kappa shape index (κ2) is 57.9. The van der Waals surface area contributed by atoms with Crippen LogP contribution in [-0.2, 0) is 86.0 Å². The number of amides is 6. The number of ether oxygens (including phenoxy) is 6. The standard InChI is InChI=1S/C87H156N16O20/c1-26-69(57(10)35-41-74(108)118-63(16)51-102(52-64(17)119-75(109)42-36-58(11)91-82(22,27-2)28-3)55-67(20)122-79(113)46-40-62(15)97-99-72(106)49-87(117,81(115)95-89)50-73(107)100-101-85(25,33-8)34-9)90-70(104)47-86(116,80(114)94-88)48-71(105)98-96-61(14)39-45-78(112)123-68(21)56-103(53-65(18)120-76(110)43-37-59(12)92-83(23,29-4)30-5)54-66(19)121-77(111)44-38-60(13)93-84(24,31-6)32-7/h63-68,101,116-117H,26-56,88-89H2,1-25H3,(H,90,104)(H,94,114)(H,95,115)(H,98,105)(H,99,106)(H,100,107). The van der Waals surface area contributed by atoms with Gasteiger partial charge in [0.1, 0.15) is 36.6 Å². The number of nitrogens with one attached hydrogen (secondary N) is 7. The SMILES string of the molecule is CCC(NC(=O)CC(O)(CC(=O)NN=C(C)CCC(=O)OC(C)CN(CC(C)OC(=O)CCC(C)=NC(C)(CC)CC)CC(C)OC(=O)CCC(C)=NC(C)(CC)CC)C(=O)NN)=C(C)CCC(=O)OC(C)CN(CC(C)OC(=O)CCC(C)=NNC(=O)CC(O)(CC(=O)NNC(C)(CC)CC)C(=O)NN)CC(C)OC(=O)CCC(C)=NC(C)(CC)CC. The van der Waals surface area contributed by atoms with Gasteiger partial charge in [-0.1, -0.05) is 67.9 Å². The van der Waals surface area contributed by atoms with Gasteiger partial charge < -0.3 is 44.0 Å². The Balaban J connectivity index is 6.23. The average Bonchev–Trinajstić information content (AvgIpc) is 0.836. The number of aliphatic hydroxyl groups is 2. The summed E-state index contributed by atoms with van der Waals surface area (Å²) in [5, 5.41) is 33.4. The Morgan fingerprint density at radius 3 is 0.837 bits per heavy atom. The third kappa shape index (κ3) is 48.5. The lowest BCUT2D eigenvalue weighted by molar-refractivity contribution is -0.154. The van der Waals surface area contributed by atoms with Crippen LogP contribution in [0.1, 0.15) is 334 Å². The van der Waals surface area contributed by atoms with Crippen molar-refractivity contribution in [3.8, 4) is 0 Å². The topological polar surface area (TPSA) is 505 Å². The van der Waals surface area contributed by atoms with Crippen molar-refractivity contribution < 1.29 is 96.2 Å². The Hall–Kier alpha value is -8.55. The normalized spacial score (nSPS) is 15.5. The molecule has 6 amide bonds. The third-order valence-corrected chi connectivity index (χ3v) is 22.1. The summed E-state index contributed by atoms with van der Waals surface area (Å²) in [5.41, 5.74) is 11.0. The number of nitrogens with zero attached hydrogens (tertiary/aromatic N) is 7. The zero-order valence-electron chi connectivity index (χ0n) is 78.9. The molecule has 0 heterocycles. The molecule has 36 nitrogen and oxygen atoms in total. The fourth-order valence-corrected chi connectivity index (χ4v) is 12.9. The van der Waals surface area contributed by atoms with Crippen molar-refractivity contribution in [3.63, 3.8) is 0 Å². The van der Waals surface area contributed by atoms with Crippen molar-refractivity contribution in [3.05, 3.63) is 11.3 Å². The minimum atomic E-state index is -2.69. The van der Waals surface area contributed by atoms with Gasteiger partial charge in [0.05, 0.1) is 74.4 Å². The predicted octanol–water partition coefficient (Wildman–Crippen LogP) is 8.97. The molecule has 0 aromatic heterocycles. The molecule has 0 aromatic rings. The molecule has 0 saturated heterocycles. The molecule has 0 aliphatic carbocycles. The fraction of sp³-hybridized carbons (Fsp3) is 0.782. The maximum Gasteiger partial charge on any atom is 0.306 e. The number of esters is 6. The highest BCUT2D eigenvalue weighted by molar-refractivity contribution is 5.97. The summed E-state index contributed by atoms with van der Waals surface area (Å²) in [6, 6.07) is 0. The van der Waals surface area contributed by atoms with Crippen LogP contribution in [0, 0.1) is 0 Å². The van der Waals surface area contributed by atoms with Gasteiger partial charge in [0.25, 0.3) is 11.8 Å². The Labute approximate surface area is 731 Å². The van der Waals surface area contributed by atoms with E-state index in [9.17, 15) is 67.7 Å². The second-order valence-electron chi connectivity index (χ2n) is 34.0. The lowest BCUT2D eigenvalue weighted by atomic mass is 9.93. The van der Waals surface area contributed by atoms with Crippen LogP contribution in [0.15, 0.2) is 36.5 Å². The lowest BCUT2D eigenvalue weighted by Gasteiger charge is -2.30. The Bertz CT molecular complexity index is 3530. The van der Waals surface area contributed by atoms with Crippen LogP contribution in [0.4, 0.5) is 0 Å². The minimum absolute atomic E-state index is 0.0122. The molecule has 8 unspecified atom stereocenters. The zero-order valence-corrected chi connectivity index (χ0v) is 78.9. The Morgan fingerprint density at radius 1 is 0.350 bits per heavy atom. The van der Waals surface area contributed by atoms with Gasteiger partial charge >= 0.3 is 35.8 Å². The van der Waals surface area contributed by atoms with E-state index in [4.69, 9.17) is 55.1 Å². The number of hydrogen-bond acceptors (Lipinski definition) is 30. The van der Waals surface area contributed by atoms with Crippen molar-refractivity contribution in [1.82, 2.24) is 47.7 Å². The van der Waals surface area contributed by atoms with Crippen molar-refractivity contribution in [1.29, 1.82) is 0 Å². The smallest absolute Gasteiger partial charge is 0.306 e. The molecule has 0 bridgehead atoms. The maximum absolute atomic E-state index is 13.7. The highest BCUT2D eigenvalue weighted by atomic mass is 16.6. The van der Waals surface area contributed by atoms with Gasteiger partial charge in [-0.3, -0.25) is 98.6 Å². The molecule has 704 valence electrons. The highest BCUT2D eigenvalue weighted by Gasteiger charge is 2.42. The van der Waals surface area contributed by atoms with E-state index < -0.39 is 150 Å². The van der Waals surface area contributed by atoms with Crippen LogP contribution in [0.5, 0.6) is 0 Å². The number of hydrazone groups is 2. The second-order valence-corrected chi connectivity index (χ2v) is 34.0. The van der Waals surface area contributed by atoms with Gasteiger partial charge in [-0.2, -0.15) is 10.2 Å². The number of rotatable bonds is 63. The van der Waals surface area contributed by atoms with E-state index in [1.807, 2.05) is 51.3 Å². The van der Waals surface area contributed by atoms with E-state index in [2.05, 4.69) is 99.5 Å². The van der Waals surface area contributed by atoms with Gasteiger partial charge in [-0.25, -0.2) is 28.0 Å². The number of carbonyl (C=O) groups excluding carboxylic acids is 12. The Morgan fingerprint density at radius 2 is 0.593 bits per heavy atom. The molecule has 0 aliphatic rings. The summed E-state index contributed by atoms with van der Waals surface area (Å²) in [6.45, 7) is 47.7. The maximum atomic E-state index is 13.7. The van der Waals surface area contributed by atoms with Crippen LogP contribution in [-0.4, -0.2) is 229 Å². The molecule has 0 spiro atoms. The molecule has 123 heavy (non-hydrogen) atoms. The van der Waals surface area contributed by atoms with E-state index in [-0.39, 0.29) is 132 Å². The summed E-state index contributed by atoms with van der Waals surface area (Å²) >= 11 is 0. The quantitative estimate of drug-likeness (QED) is 0.00675. The van der Waals surface area contributed by atoms with Crippen molar-refractivity contribution >= 4 is 99.8 Å². The number of hydrazine groups is 3. The number of hydrogen-bond donors (Lipinski definition) is 11. The van der Waals surface area contributed by atoms with Crippen LogP contribution in [0.2, 0.25) is 0 Å². The summed E-state index contributed by atoms with van der Waals surface area (Å²) < 4.78 is 35.0. The first-order chi connectivity index (χ1) is 57.3. The number of aliphatic imine (C=N–C) groups is 3. The monoisotopic (exact) mass is 1750 g/mol. The zero-order chi connectivity index (χ0) is 94.2. The highest BCUT2D eigenvalue weighted by Crippen LogP contribution is 2.26. The molecule has 0 aromatic carbocycles. The van der Waals surface area contributed by atoms with Crippen LogP contribution in [0.3, 0.4) is 0 Å². The van der Waals surface area contributed by atoms with E-state index in [1.165, 1.54) is 13.8 Å². The minimum Gasteiger partial charge on any atom is -0.461 e. The molecule has 0 rings (SSSR count). The van der Waals surface area contributed by atoms with E-state index in [1.54, 1.807) is 66.2 Å². The van der Waals surface area contributed by atoms with Crippen LogP contribution >= 0.6 is 0 Å². The summed E-state index contributed by atoms with van der Waals surface area (Å²) in [6.07, 6.45) is 0.116. The first kappa shape index (κ1) is 114. The number of allylic oxidation sites excluding steroid dienone is 2. The number of carbonyl (C=O) groups is 12. The molecule has 13 N–H and O–H groups in total. The summed E-state index contributed by atoms with van der Waals surface area (Å²) in [7, 11) is 0. The van der Waals surface area contributed by atoms with Crippen molar-refractivity contribution in [2.45, 2.75) is 404 Å². The average molecular weight is 1750 g/mol. The van der Waals surface area contributed by atoms with Crippen LogP contribution in [0.25, 0.3) is 0 Å². The molecule has 36 heteroatoms. The van der Waals surface area contributed by atoms with Gasteiger partial charge in [0, 0.05) is 85.5 Å². The lowest BCUT2D eigenvalue weighted by Crippen LogP contribution is -2.57. The van der Waals surface area contributed by atoms with Crippen LogP contribution < -0.4 is 49.6 Å². The molecule has 0 aliphatic heterocycles. The first-order valence-electron chi connectivity index (χ1n) is 43.8. The summed E-state index contributed by atoms with van der Waals surface area (Å²) in [5.74, 6) is 1.63. The summed E-state index contributed by atoms with van der Waals surface area (Å²) in [4.78, 5) is 176. The molecular formula is C87H156N16O20. The molecule has 0 fully saturated rings. The van der Waals surface area contributed by atoms with Crippen molar-refractivity contribution in [2.75, 3.05) is 39.3 Å². The molecule has 0 radical (unpaired) electrons. The van der Waals surface area contributed by atoms with E-state index in [0.29, 0.717) is 43.4 Å². The third-order valence-electron chi connectivity index (χ3n) is 22.1. The predicted molar refractivity (Wildman–Crippen MR) is 475 cm³/mol. The number of nitrogens with two attached hydrogens (primary N) is 2. The van der Waals surface area contributed by atoms with Gasteiger partial charge in [-0.15, -0.1) is 0 Å². The molecular weight excluding hydrogens is 1590 g/mol. The van der Waals surface area contributed by atoms with Gasteiger partial charge in [-0.05, 0) is 207 Å². The molecule has 0 saturated carbocycles. The first-order valence-corrected chi connectivity index (χ1v) is 43.8. The largest absolute Gasteiger partial charge is 0.461 e. The van der Waals surface area contributed by atoms with Crippen molar-refractivity contribution in [2.24, 2.45) is 36.9 Å². The fourth-order valence-electron chi connectivity index (χ4n) is 12.9. The van der Waals surface area contributed by atoms with E-state index >= 15 is 0 Å². The Kier molecular flexibility index (Phi) is 53.8. The van der Waals surface area contributed by atoms with E-state index in [0.717, 1.165) is 55.7 Å². The van der Waals surface area contributed by atoms with Gasteiger partial charge in [0.15, 0.2) is 11.2 Å².